The Kier molecular flexibility index (Phi) is 2.73. The van der Waals surface area contributed by atoms with Gasteiger partial charge in [-0.25, -0.2) is 4.85 Å². The summed E-state index contributed by atoms with van der Waals surface area (Å²) >= 11 is 0. The van der Waals surface area contributed by atoms with Crippen LogP contribution >= 0.6 is 0 Å². The molecule has 0 spiro atoms. The molecule has 0 aliphatic rings. The molecule has 0 bridgehead atoms. The minimum atomic E-state index is 0.0844. The summed E-state index contributed by atoms with van der Waals surface area (Å²) in [6.45, 7) is 6.75. The van der Waals surface area contributed by atoms with Crippen LogP contribution in [0.5, 0.6) is 0 Å². The van der Waals surface area contributed by atoms with Gasteiger partial charge in [-0.2, -0.15) is 5.26 Å². The van der Waals surface area contributed by atoms with Gasteiger partial charge >= 0.3 is 0 Å². The third kappa shape index (κ3) is 1.50. The molecule has 14 heavy (non-hydrogen) atoms. The van der Waals surface area contributed by atoms with Crippen LogP contribution in [-0.2, 0) is 0 Å². The summed E-state index contributed by atoms with van der Waals surface area (Å²) in [5.74, 6) is 0. The van der Waals surface area contributed by atoms with Crippen LogP contribution in [0.15, 0.2) is 12.1 Å². The lowest BCUT2D eigenvalue weighted by molar-refractivity contribution is 0.111. The van der Waals surface area contributed by atoms with Crippen molar-refractivity contribution in [2.24, 2.45) is 0 Å². The number of nitrogens with zero attached hydrogens (tertiary/aromatic N) is 2. The number of hydrogen-bond acceptors (Lipinski definition) is 3. The van der Waals surface area contributed by atoms with Gasteiger partial charge in [0.05, 0.1) is 18.2 Å². The van der Waals surface area contributed by atoms with Crippen molar-refractivity contribution >= 4 is 18.3 Å². The average molecular weight is 184 g/mol. The molecule has 1 aromatic rings. The molecule has 4 heteroatoms. The molecule has 0 heterocycles. The van der Waals surface area contributed by atoms with Gasteiger partial charge in [-0.1, -0.05) is 0 Å². The maximum atomic E-state index is 10.5. The molecule has 1 aromatic carbocycles. The number of hydrogen-bond donors (Lipinski definition) is 0. The van der Waals surface area contributed by atoms with E-state index in [4.69, 9.17) is 11.8 Å². The molecule has 0 amide bonds. The van der Waals surface area contributed by atoms with Crippen molar-refractivity contribution in [3.05, 3.63) is 40.2 Å². The van der Waals surface area contributed by atoms with E-state index < -0.39 is 0 Å². The third-order valence-electron chi connectivity index (χ3n) is 1.69. The van der Waals surface area contributed by atoms with Crippen molar-refractivity contribution in [2.45, 2.75) is 0 Å². The lowest BCUT2D eigenvalue weighted by Gasteiger charge is -1.99. The van der Waals surface area contributed by atoms with Gasteiger partial charge in [0, 0.05) is 11.1 Å². The molecule has 0 aliphatic heterocycles. The molecule has 0 saturated heterocycles. The Morgan fingerprint density at radius 2 is 1.93 bits per heavy atom. The van der Waals surface area contributed by atoms with E-state index in [1.165, 1.54) is 12.1 Å². The fraction of sp³-hybridized carbons (Fsp3) is 0. The zero-order valence-corrected chi connectivity index (χ0v) is 7.02. The van der Waals surface area contributed by atoms with E-state index in [0.717, 1.165) is 0 Å². The van der Waals surface area contributed by atoms with Gasteiger partial charge in [0.1, 0.15) is 12.6 Å². The fourth-order valence-electron chi connectivity index (χ4n) is 1.01. The molecular formula is C10H4N2O2. The van der Waals surface area contributed by atoms with Crippen LogP contribution in [0.4, 0.5) is 5.69 Å². The van der Waals surface area contributed by atoms with Crippen molar-refractivity contribution in [1.82, 2.24) is 0 Å². The maximum absolute atomic E-state index is 10.5. The Hall–Kier alpha value is -2.46. The zero-order chi connectivity index (χ0) is 10.6. The molecule has 0 aliphatic carbocycles. The van der Waals surface area contributed by atoms with Crippen LogP contribution in [-0.4, -0.2) is 12.6 Å². The number of carbonyl (C=O) groups excluding carboxylic acids is 2. The number of benzene rings is 1. The highest BCUT2D eigenvalue weighted by Crippen LogP contribution is 2.21. The molecular weight excluding hydrogens is 180 g/mol. The van der Waals surface area contributed by atoms with E-state index in [1.807, 2.05) is 0 Å². The smallest absolute Gasteiger partial charge is 0.198 e. The summed E-state index contributed by atoms with van der Waals surface area (Å²) in [6.07, 6.45) is 0.977. The number of nitriles is 1. The molecule has 1 rings (SSSR count). The second-order valence-corrected chi connectivity index (χ2v) is 2.46. The van der Waals surface area contributed by atoms with Crippen LogP contribution in [0.25, 0.3) is 4.85 Å². The quantitative estimate of drug-likeness (QED) is 0.519. The average Bonchev–Trinajstić information content (AvgIpc) is 2.26. The Labute approximate surface area is 80.2 Å². The summed E-state index contributed by atoms with van der Waals surface area (Å²) in [5.41, 5.74) is 0.446. The van der Waals surface area contributed by atoms with Crippen LogP contribution in [0.1, 0.15) is 26.3 Å². The molecule has 0 fully saturated rings. The van der Waals surface area contributed by atoms with Crippen LogP contribution in [0.2, 0.25) is 0 Å². The summed E-state index contributed by atoms with van der Waals surface area (Å²) in [6, 6.07) is 4.26. The van der Waals surface area contributed by atoms with Gasteiger partial charge in [-0.3, -0.25) is 9.59 Å². The minimum Gasteiger partial charge on any atom is -0.299 e. The van der Waals surface area contributed by atoms with Crippen molar-refractivity contribution in [3.8, 4) is 6.07 Å². The SMILES string of the molecule is [C-]#[N+]c1cc(C=O)c(C#N)cc1C=O. The lowest BCUT2D eigenvalue weighted by Crippen LogP contribution is -1.90. The van der Waals surface area contributed by atoms with Crippen molar-refractivity contribution in [3.63, 3.8) is 0 Å². The first-order chi connectivity index (χ1) is 6.76. The predicted octanol–water partition coefficient (Wildman–Crippen LogP) is 1.73. The highest BCUT2D eigenvalue weighted by atomic mass is 16.1. The van der Waals surface area contributed by atoms with E-state index >= 15 is 0 Å². The number of aldehydes is 2. The Morgan fingerprint density at radius 3 is 2.36 bits per heavy atom. The number of carbonyl (C=O) groups is 2. The normalized spacial score (nSPS) is 8.43. The molecule has 0 aromatic heterocycles. The summed E-state index contributed by atoms with van der Waals surface area (Å²) in [5, 5.41) is 8.63. The van der Waals surface area contributed by atoms with Gasteiger partial charge in [-0.05, 0) is 12.1 Å². The second-order valence-electron chi connectivity index (χ2n) is 2.46. The van der Waals surface area contributed by atoms with Gasteiger partial charge in [0.25, 0.3) is 0 Å². The largest absolute Gasteiger partial charge is 0.299 e. The topological polar surface area (TPSA) is 62.3 Å². The van der Waals surface area contributed by atoms with Gasteiger partial charge in [0.15, 0.2) is 5.69 Å². The first-order valence-electron chi connectivity index (χ1n) is 3.62. The molecule has 4 nitrogen and oxygen atoms in total. The maximum Gasteiger partial charge on any atom is 0.198 e. The second kappa shape index (κ2) is 3.97. The molecule has 0 saturated carbocycles. The van der Waals surface area contributed by atoms with Gasteiger partial charge in [0.2, 0.25) is 0 Å². The molecule has 66 valence electrons. The van der Waals surface area contributed by atoms with Gasteiger partial charge in [-0.15, -0.1) is 0 Å². The van der Waals surface area contributed by atoms with E-state index in [1.54, 1.807) is 6.07 Å². The van der Waals surface area contributed by atoms with Crippen LogP contribution in [0, 0.1) is 17.9 Å². The molecule has 0 unspecified atom stereocenters. The van der Waals surface area contributed by atoms with Crippen molar-refractivity contribution in [1.29, 1.82) is 5.26 Å². The molecule has 0 N–H and O–H groups in total. The van der Waals surface area contributed by atoms with Crippen LogP contribution in [0.3, 0.4) is 0 Å². The first-order valence-corrected chi connectivity index (χ1v) is 3.62. The Bertz CT molecular complexity index is 432. The van der Waals surface area contributed by atoms with Gasteiger partial charge < -0.3 is 0 Å². The standard InChI is InChI=1S/C10H4N2O2/c1-12-10-3-8(5-13)7(4-11)2-9(10)6-14/h2-3,5-6H. The Morgan fingerprint density at radius 1 is 1.29 bits per heavy atom. The molecule has 0 radical (unpaired) electrons. The van der Waals surface area contributed by atoms with E-state index in [9.17, 15) is 9.59 Å². The van der Waals surface area contributed by atoms with Crippen LogP contribution < -0.4 is 0 Å². The number of rotatable bonds is 2. The zero-order valence-electron chi connectivity index (χ0n) is 7.02. The summed E-state index contributed by atoms with van der Waals surface area (Å²) < 4.78 is 0. The highest BCUT2D eigenvalue weighted by Gasteiger charge is 2.08. The summed E-state index contributed by atoms with van der Waals surface area (Å²) in [4.78, 5) is 24.1. The molecule has 0 atom stereocenters. The minimum absolute atomic E-state index is 0.0844. The van der Waals surface area contributed by atoms with Crippen molar-refractivity contribution < 1.29 is 9.59 Å². The third-order valence-corrected chi connectivity index (χ3v) is 1.69. The summed E-state index contributed by atoms with van der Waals surface area (Å²) in [7, 11) is 0. The predicted molar refractivity (Wildman–Crippen MR) is 48.2 cm³/mol. The van der Waals surface area contributed by atoms with E-state index in [-0.39, 0.29) is 22.4 Å². The highest BCUT2D eigenvalue weighted by molar-refractivity contribution is 5.90. The van der Waals surface area contributed by atoms with E-state index in [0.29, 0.717) is 12.6 Å². The van der Waals surface area contributed by atoms with Crippen molar-refractivity contribution in [2.75, 3.05) is 0 Å². The fourth-order valence-corrected chi connectivity index (χ4v) is 1.01. The lowest BCUT2D eigenvalue weighted by atomic mass is 10.0. The first kappa shape index (κ1) is 9.63. The monoisotopic (exact) mass is 184 g/mol. The van der Waals surface area contributed by atoms with E-state index in [2.05, 4.69) is 4.85 Å². The Balaban J connectivity index is 3.54.